The molecular weight excluding hydrogens is 461 g/mol. The number of amides is 3. The second-order valence-corrected chi connectivity index (χ2v) is 10.00. The van der Waals surface area contributed by atoms with Crippen molar-refractivity contribution >= 4 is 23.4 Å². The maximum atomic E-state index is 13.2. The van der Waals surface area contributed by atoms with E-state index >= 15 is 0 Å². The van der Waals surface area contributed by atoms with E-state index in [2.05, 4.69) is 4.90 Å². The minimum absolute atomic E-state index is 0.0332. The van der Waals surface area contributed by atoms with Crippen LogP contribution in [0.5, 0.6) is 5.75 Å². The maximum absolute atomic E-state index is 13.2. The fourth-order valence-electron chi connectivity index (χ4n) is 5.96. The number of carbonyl (C=O) groups is 3. The van der Waals surface area contributed by atoms with E-state index in [0.29, 0.717) is 41.9 Å². The zero-order valence-electron chi connectivity index (χ0n) is 20.6. The van der Waals surface area contributed by atoms with E-state index in [9.17, 15) is 18.8 Å². The minimum atomic E-state index is -0.393. The van der Waals surface area contributed by atoms with Gasteiger partial charge in [-0.1, -0.05) is 0 Å². The highest BCUT2D eigenvalue weighted by Gasteiger charge is 2.44. The molecule has 0 spiro atoms. The first-order valence-electron chi connectivity index (χ1n) is 12.7. The lowest BCUT2D eigenvalue weighted by molar-refractivity contribution is -0.123. The monoisotopic (exact) mass is 493 g/mol. The van der Waals surface area contributed by atoms with Crippen molar-refractivity contribution in [3.8, 4) is 5.75 Å². The molecule has 0 unspecified atom stereocenters. The molecule has 2 aromatic rings. The third-order valence-electron chi connectivity index (χ3n) is 8.05. The molecule has 0 aromatic heterocycles. The molecule has 3 saturated heterocycles. The molecule has 1 atom stereocenters. The number of likely N-dealkylation sites (tertiary alicyclic amines) is 2. The molecule has 36 heavy (non-hydrogen) atoms. The van der Waals surface area contributed by atoms with Crippen molar-refractivity contribution in [2.75, 3.05) is 38.2 Å². The summed E-state index contributed by atoms with van der Waals surface area (Å²) in [5, 5.41) is 0. The molecule has 3 amide bonds. The summed E-state index contributed by atoms with van der Waals surface area (Å²) in [5.74, 6) is 1.13. The lowest BCUT2D eigenvalue weighted by Gasteiger charge is -2.41. The van der Waals surface area contributed by atoms with Gasteiger partial charge in [0.2, 0.25) is 5.91 Å². The molecular formula is C28H32FN3O4. The van der Waals surface area contributed by atoms with Crippen molar-refractivity contribution in [1.29, 1.82) is 0 Å². The number of nitrogens with zero attached hydrogens (tertiary/aromatic N) is 3. The largest absolute Gasteiger partial charge is 0.497 e. The summed E-state index contributed by atoms with van der Waals surface area (Å²) in [4.78, 5) is 44.0. The molecule has 0 bridgehead atoms. The van der Waals surface area contributed by atoms with Crippen LogP contribution in [0.15, 0.2) is 48.5 Å². The Hall–Kier alpha value is -3.26. The fourth-order valence-corrected chi connectivity index (χ4v) is 5.96. The van der Waals surface area contributed by atoms with E-state index in [1.807, 2.05) is 4.90 Å². The van der Waals surface area contributed by atoms with Gasteiger partial charge in [-0.2, -0.15) is 0 Å². The standard InChI is InChI=1S/C28H32FN3O4/c1-36-24-8-6-23(7-9-24)32-26(33)18-25(28(32)35)30-14-10-19(11-15-30)20-12-16-31(17-13-20)27(34)21-2-4-22(29)5-3-21/h2-9,19-20,25H,10-18H2,1H3/t25-/m1/s1. The Labute approximate surface area is 210 Å². The Morgan fingerprint density at radius 2 is 1.44 bits per heavy atom. The van der Waals surface area contributed by atoms with Crippen LogP contribution in [0.25, 0.3) is 0 Å². The summed E-state index contributed by atoms with van der Waals surface area (Å²) in [6.45, 7) is 3.04. The zero-order chi connectivity index (χ0) is 25.2. The van der Waals surface area contributed by atoms with Crippen molar-refractivity contribution in [2.24, 2.45) is 11.8 Å². The topological polar surface area (TPSA) is 70.2 Å². The van der Waals surface area contributed by atoms with Gasteiger partial charge >= 0.3 is 0 Å². The van der Waals surface area contributed by atoms with E-state index < -0.39 is 6.04 Å². The molecule has 3 fully saturated rings. The van der Waals surface area contributed by atoms with E-state index in [-0.39, 0.29) is 30.0 Å². The van der Waals surface area contributed by atoms with E-state index in [4.69, 9.17) is 4.74 Å². The summed E-state index contributed by atoms with van der Waals surface area (Å²) >= 11 is 0. The van der Waals surface area contributed by atoms with Crippen molar-refractivity contribution in [1.82, 2.24) is 9.80 Å². The molecule has 8 heteroatoms. The molecule has 5 rings (SSSR count). The molecule has 3 aliphatic rings. The fraction of sp³-hybridized carbons (Fsp3) is 0.464. The van der Waals surface area contributed by atoms with Crippen LogP contribution in [-0.2, 0) is 9.59 Å². The van der Waals surface area contributed by atoms with Gasteiger partial charge in [-0.15, -0.1) is 0 Å². The summed E-state index contributed by atoms with van der Waals surface area (Å²) in [6.07, 6.45) is 4.14. The molecule has 3 aliphatic heterocycles. The first-order chi connectivity index (χ1) is 17.4. The SMILES string of the molecule is COc1ccc(N2C(=O)C[C@@H](N3CCC(C4CCN(C(=O)c5ccc(F)cc5)CC4)CC3)C2=O)cc1. The number of methoxy groups -OCH3 is 1. The normalized spacial score (nSPS) is 22.3. The molecule has 0 aliphatic carbocycles. The number of benzene rings is 2. The number of hydrogen-bond donors (Lipinski definition) is 0. The first-order valence-corrected chi connectivity index (χ1v) is 12.7. The molecule has 3 heterocycles. The van der Waals surface area contributed by atoms with Crippen molar-refractivity contribution in [3.05, 3.63) is 59.9 Å². The second-order valence-electron chi connectivity index (χ2n) is 10.00. The van der Waals surface area contributed by atoms with Crippen LogP contribution in [0.2, 0.25) is 0 Å². The summed E-state index contributed by atoms with van der Waals surface area (Å²) in [6, 6.07) is 12.4. The van der Waals surface area contributed by atoms with Crippen LogP contribution in [0, 0.1) is 17.7 Å². The minimum Gasteiger partial charge on any atom is -0.497 e. The quantitative estimate of drug-likeness (QED) is 0.594. The lowest BCUT2D eigenvalue weighted by Crippen LogP contribution is -2.47. The van der Waals surface area contributed by atoms with Gasteiger partial charge in [-0.25, -0.2) is 9.29 Å². The number of anilines is 1. The smallest absolute Gasteiger partial charge is 0.253 e. The number of imide groups is 1. The molecule has 0 radical (unpaired) electrons. The first kappa shape index (κ1) is 24.4. The number of ether oxygens (including phenoxy) is 1. The Morgan fingerprint density at radius 1 is 0.861 bits per heavy atom. The van der Waals surface area contributed by atoms with E-state index in [0.717, 1.165) is 38.8 Å². The molecule has 7 nitrogen and oxygen atoms in total. The van der Waals surface area contributed by atoms with Gasteiger partial charge < -0.3 is 9.64 Å². The van der Waals surface area contributed by atoms with Crippen LogP contribution < -0.4 is 9.64 Å². The van der Waals surface area contributed by atoms with Gasteiger partial charge in [0.15, 0.2) is 0 Å². The molecule has 0 N–H and O–H groups in total. The number of halogens is 1. The molecule has 2 aromatic carbocycles. The highest BCUT2D eigenvalue weighted by atomic mass is 19.1. The highest BCUT2D eigenvalue weighted by Crippen LogP contribution is 2.35. The Kier molecular flexibility index (Phi) is 7.05. The summed E-state index contributed by atoms with van der Waals surface area (Å²) in [7, 11) is 1.58. The number of piperidine rings is 2. The van der Waals surface area contributed by atoms with E-state index in [1.165, 1.54) is 17.0 Å². The molecule has 190 valence electrons. The van der Waals surface area contributed by atoms with Crippen molar-refractivity contribution in [2.45, 2.75) is 38.1 Å². The van der Waals surface area contributed by atoms with Crippen LogP contribution in [0.4, 0.5) is 10.1 Å². The van der Waals surface area contributed by atoms with Gasteiger partial charge in [0, 0.05) is 18.7 Å². The third kappa shape index (κ3) is 4.87. The number of hydrogen-bond acceptors (Lipinski definition) is 5. The highest BCUT2D eigenvalue weighted by molar-refractivity contribution is 6.22. The predicted molar refractivity (Wildman–Crippen MR) is 133 cm³/mol. The van der Waals surface area contributed by atoms with Crippen molar-refractivity contribution in [3.63, 3.8) is 0 Å². The predicted octanol–water partition coefficient (Wildman–Crippen LogP) is 3.73. The van der Waals surface area contributed by atoms with Crippen molar-refractivity contribution < 1.29 is 23.5 Å². The Balaban J connectivity index is 1.12. The van der Waals surface area contributed by atoms with Gasteiger partial charge in [-0.3, -0.25) is 19.3 Å². The number of rotatable bonds is 5. The number of carbonyl (C=O) groups excluding carboxylic acids is 3. The van der Waals surface area contributed by atoms with Gasteiger partial charge in [0.1, 0.15) is 11.6 Å². The van der Waals surface area contributed by atoms with Crippen LogP contribution in [0.1, 0.15) is 42.5 Å². The zero-order valence-corrected chi connectivity index (χ0v) is 20.6. The van der Waals surface area contributed by atoms with Crippen LogP contribution in [0.3, 0.4) is 0 Å². The average molecular weight is 494 g/mol. The van der Waals surface area contributed by atoms with Gasteiger partial charge in [-0.05, 0) is 99.1 Å². The van der Waals surface area contributed by atoms with Gasteiger partial charge in [0.05, 0.1) is 25.3 Å². The second kappa shape index (κ2) is 10.4. The maximum Gasteiger partial charge on any atom is 0.253 e. The van der Waals surface area contributed by atoms with Crippen LogP contribution in [-0.4, -0.2) is 66.9 Å². The summed E-state index contributed by atoms with van der Waals surface area (Å²) < 4.78 is 18.3. The lowest BCUT2D eigenvalue weighted by atomic mass is 9.78. The van der Waals surface area contributed by atoms with Gasteiger partial charge in [0.25, 0.3) is 11.8 Å². The molecule has 0 saturated carbocycles. The summed E-state index contributed by atoms with van der Waals surface area (Å²) in [5.41, 5.74) is 1.12. The van der Waals surface area contributed by atoms with E-state index in [1.54, 1.807) is 43.5 Å². The third-order valence-corrected chi connectivity index (χ3v) is 8.05. The van der Waals surface area contributed by atoms with Crippen LogP contribution >= 0.6 is 0 Å². The Morgan fingerprint density at radius 3 is 2.03 bits per heavy atom. The average Bonchev–Trinajstić information content (AvgIpc) is 3.22. The Bertz CT molecular complexity index is 1100.